The summed E-state index contributed by atoms with van der Waals surface area (Å²) in [4.78, 5) is 14.8. The van der Waals surface area contributed by atoms with Crippen molar-refractivity contribution in [2.45, 2.75) is 19.3 Å². The predicted molar refractivity (Wildman–Crippen MR) is 101 cm³/mol. The summed E-state index contributed by atoms with van der Waals surface area (Å²) in [5.41, 5.74) is 1.57. The van der Waals surface area contributed by atoms with Crippen LogP contribution in [0.2, 0.25) is 0 Å². The van der Waals surface area contributed by atoms with E-state index in [-0.39, 0.29) is 12.2 Å². The van der Waals surface area contributed by atoms with Gasteiger partial charge in [-0.25, -0.2) is 4.79 Å². The zero-order valence-corrected chi connectivity index (χ0v) is 15.1. The van der Waals surface area contributed by atoms with Gasteiger partial charge in [0.2, 0.25) is 0 Å². The number of hydrogen-bond donors (Lipinski definition) is 2. The number of anilines is 1. The van der Waals surface area contributed by atoms with E-state index < -0.39 is 17.7 Å². The molecule has 0 bridgehead atoms. The molecule has 3 rings (SSSR count). The number of carboxylic acids is 1. The third-order valence-electron chi connectivity index (χ3n) is 4.09. The number of rotatable bonds is 7. The Balaban J connectivity index is 1.52. The van der Waals surface area contributed by atoms with Gasteiger partial charge in [-0.1, -0.05) is 24.3 Å². The topological polar surface area (TPSA) is 71.5 Å². The van der Waals surface area contributed by atoms with E-state index >= 15 is 0 Å². The fourth-order valence-electron chi connectivity index (χ4n) is 2.52. The van der Waals surface area contributed by atoms with E-state index in [2.05, 4.69) is 10.3 Å². The summed E-state index contributed by atoms with van der Waals surface area (Å²) in [5.74, 6) is -0.459. The van der Waals surface area contributed by atoms with Gasteiger partial charge in [0.05, 0.1) is 16.8 Å². The summed E-state index contributed by atoms with van der Waals surface area (Å²) in [6.45, 7) is 0.618. The number of nitrogens with one attached hydrogen (secondary N) is 1. The first-order chi connectivity index (χ1) is 13.8. The third-order valence-corrected chi connectivity index (χ3v) is 4.09. The number of carbonyl (C=O) groups is 1. The maximum absolute atomic E-state index is 12.6. The molecule has 3 aromatic rings. The van der Waals surface area contributed by atoms with Gasteiger partial charge in [-0.3, -0.25) is 4.98 Å². The number of aromatic nitrogens is 1. The molecule has 0 spiro atoms. The highest BCUT2D eigenvalue weighted by molar-refractivity contribution is 5.88. The maximum atomic E-state index is 12.6. The second-order valence-electron chi connectivity index (χ2n) is 6.25. The van der Waals surface area contributed by atoms with Crippen molar-refractivity contribution in [3.8, 4) is 5.75 Å². The molecule has 1 aromatic heterocycles. The molecule has 0 amide bonds. The third kappa shape index (κ3) is 5.71. The summed E-state index contributed by atoms with van der Waals surface area (Å²) in [6.07, 6.45) is -1.54. The predicted octanol–water partition coefficient (Wildman–Crippen LogP) is 4.99. The van der Waals surface area contributed by atoms with Crippen LogP contribution in [-0.4, -0.2) is 16.1 Å². The number of benzene rings is 2. The van der Waals surface area contributed by atoms with Crippen molar-refractivity contribution < 1.29 is 27.8 Å². The van der Waals surface area contributed by atoms with Gasteiger partial charge in [-0.2, -0.15) is 13.2 Å². The number of ether oxygens (including phenoxy) is 1. The van der Waals surface area contributed by atoms with E-state index in [1.807, 2.05) is 12.1 Å². The van der Waals surface area contributed by atoms with Gasteiger partial charge in [0, 0.05) is 18.9 Å². The second-order valence-corrected chi connectivity index (χ2v) is 6.25. The Morgan fingerprint density at radius 3 is 2.28 bits per heavy atom. The number of pyridine rings is 1. The summed E-state index contributed by atoms with van der Waals surface area (Å²) in [6, 6.07) is 13.5. The molecular formula is C21H17F3N2O3. The molecule has 150 valence electrons. The van der Waals surface area contributed by atoms with Crippen LogP contribution in [0.3, 0.4) is 0 Å². The van der Waals surface area contributed by atoms with Crippen molar-refractivity contribution >= 4 is 11.7 Å². The number of aromatic carboxylic acids is 1. The first-order valence-corrected chi connectivity index (χ1v) is 8.61. The highest BCUT2D eigenvalue weighted by atomic mass is 19.4. The molecule has 0 saturated heterocycles. The molecule has 0 aliphatic heterocycles. The molecule has 0 unspecified atom stereocenters. The van der Waals surface area contributed by atoms with Crippen LogP contribution < -0.4 is 10.1 Å². The van der Waals surface area contributed by atoms with Crippen molar-refractivity contribution in [2.24, 2.45) is 0 Å². The SMILES string of the molecule is O=C(O)c1cncc(NCc2ccc(OCc3ccc(C(F)(F)F)cc3)cc2)c1. The largest absolute Gasteiger partial charge is 0.489 e. The summed E-state index contributed by atoms with van der Waals surface area (Å²) < 4.78 is 43.3. The van der Waals surface area contributed by atoms with Crippen molar-refractivity contribution in [1.82, 2.24) is 4.98 Å². The molecule has 0 aliphatic rings. The zero-order valence-electron chi connectivity index (χ0n) is 15.1. The molecule has 0 aliphatic carbocycles. The summed E-state index contributed by atoms with van der Waals surface area (Å²) in [5, 5.41) is 12.1. The number of alkyl halides is 3. The van der Waals surface area contributed by atoms with Crippen LogP contribution in [0, 0.1) is 0 Å². The lowest BCUT2D eigenvalue weighted by atomic mass is 10.1. The fourth-order valence-corrected chi connectivity index (χ4v) is 2.52. The van der Waals surface area contributed by atoms with E-state index in [0.717, 1.165) is 17.7 Å². The lowest BCUT2D eigenvalue weighted by molar-refractivity contribution is -0.137. The second kappa shape index (κ2) is 8.64. The van der Waals surface area contributed by atoms with E-state index in [9.17, 15) is 18.0 Å². The van der Waals surface area contributed by atoms with Crippen LogP contribution >= 0.6 is 0 Å². The van der Waals surface area contributed by atoms with Crippen molar-refractivity contribution in [2.75, 3.05) is 5.32 Å². The number of nitrogens with zero attached hydrogens (tertiary/aromatic N) is 1. The number of carboxylic acid groups (broad SMARTS) is 1. The average Bonchev–Trinajstić information content (AvgIpc) is 2.71. The quantitative estimate of drug-likeness (QED) is 0.583. The summed E-state index contributed by atoms with van der Waals surface area (Å²) in [7, 11) is 0. The maximum Gasteiger partial charge on any atom is 0.416 e. The van der Waals surface area contributed by atoms with Crippen LogP contribution in [0.4, 0.5) is 18.9 Å². The lowest BCUT2D eigenvalue weighted by Gasteiger charge is -2.10. The van der Waals surface area contributed by atoms with E-state index in [4.69, 9.17) is 9.84 Å². The molecular weight excluding hydrogens is 385 g/mol. The van der Waals surface area contributed by atoms with Gasteiger partial charge in [0.25, 0.3) is 0 Å². The molecule has 0 atom stereocenters. The summed E-state index contributed by atoms with van der Waals surface area (Å²) >= 11 is 0. The van der Waals surface area contributed by atoms with Crippen molar-refractivity contribution in [1.29, 1.82) is 0 Å². The Morgan fingerprint density at radius 2 is 1.66 bits per heavy atom. The van der Waals surface area contributed by atoms with Gasteiger partial charge in [-0.15, -0.1) is 0 Å². The molecule has 0 fully saturated rings. The van der Waals surface area contributed by atoms with Gasteiger partial charge in [-0.05, 0) is 41.5 Å². The number of halogens is 3. The first-order valence-electron chi connectivity index (χ1n) is 8.61. The Bertz CT molecular complexity index is 972. The van der Waals surface area contributed by atoms with Crippen LogP contribution in [-0.2, 0) is 19.3 Å². The highest BCUT2D eigenvalue weighted by Crippen LogP contribution is 2.29. The molecule has 2 N–H and O–H groups in total. The van der Waals surface area contributed by atoms with Crippen LogP contribution in [0.1, 0.15) is 27.0 Å². The van der Waals surface area contributed by atoms with Crippen LogP contribution in [0.25, 0.3) is 0 Å². The van der Waals surface area contributed by atoms with Crippen molar-refractivity contribution in [3.63, 3.8) is 0 Å². The minimum absolute atomic E-state index is 0.0991. The van der Waals surface area contributed by atoms with E-state index in [1.54, 1.807) is 12.1 Å². The smallest absolute Gasteiger partial charge is 0.416 e. The Hall–Kier alpha value is -3.55. The molecule has 2 aromatic carbocycles. The minimum atomic E-state index is -4.35. The Labute approximate surface area is 164 Å². The molecule has 0 saturated carbocycles. The van der Waals surface area contributed by atoms with Crippen LogP contribution in [0.5, 0.6) is 5.75 Å². The van der Waals surface area contributed by atoms with Gasteiger partial charge in [0.1, 0.15) is 12.4 Å². The standard InChI is InChI=1S/C21H17F3N2O3/c22-21(23,24)17-5-1-15(2-6-17)13-29-19-7-3-14(4-8-19)10-26-18-9-16(20(27)28)11-25-12-18/h1-9,11-12,26H,10,13H2,(H,27,28). The minimum Gasteiger partial charge on any atom is -0.489 e. The van der Waals surface area contributed by atoms with Gasteiger partial charge in [0.15, 0.2) is 0 Å². The Morgan fingerprint density at radius 1 is 1.00 bits per heavy atom. The van der Waals surface area contributed by atoms with Gasteiger partial charge >= 0.3 is 12.1 Å². The average molecular weight is 402 g/mol. The highest BCUT2D eigenvalue weighted by Gasteiger charge is 2.29. The van der Waals surface area contributed by atoms with Crippen molar-refractivity contribution in [3.05, 3.63) is 89.2 Å². The molecule has 1 heterocycles. The fraction of sp³-hybridized carbons (Fsp3) is 0.143. The Kier molecular flexibility index (Phi) is 6.01. The molecule has 29 heavy (non-hydrogen) atoms. The first kappa shape index (κ1) is 20.2. The van der Waals surface area contributed by atoms with E-state index in [0.29, 0.717) is 23.5 Å². The normalized spacial score (nSPS) is 11.1. The molecule has 8 heteroatoms. The van der Waals surface area contributed by atoms with E-state index in [1.165, 1.54) is 30.6 Å². The van der Waals surface area contributed by atoms with Crippen LogP contribution in [0.15, 0.2) is 67.0 Å². The molecule has 5 nitrogen and oxygen atoms in total. The zero-order chi connectivity index (χ0) is 20.9. The van der Waals surface area contributed by atoms with Gasteiger partial charge < -0.3 is 15.2 Å². The lowest BCUT2D eigenvalue weighted by Crippen LogP contribution is -2.05. The molecule has 0 radical (unpaired) electrons. The monoisotopic (exact) mass is 402 g/mol. The number of hydrogen-bond acceptors (Lipinski definition) is 4.